The lowest BCUT2D eigenvalue weighted by molar-refractivity contribution is -0.136. The van der Waals surface area contributed by atoms with Gasteiger partial charge >= 0.3 is 6.09 Å². The Balaban J connectivity index is 1.09. The van der Waals surface area contributed by atoms with Crippen molar-refractivity contribution in [2.24, 2.45) is 5.73 Å². The number of imide groups is 1. The molecule has 2 aliphatic carbocycles. The number of nitrogens with zero attached hydrogens (tertiary/aromatic N) is 2. The van der Waals surface area contributed by atoms with Crippen LogP contribution in [-0.2, 0) is 27.4 Å². The molecule has 1 unspecified atom stereocenters. The van der Waals surface area contributed by atoms with Gasteiger partial charge in [0.2, 0.25) is 11.8 Å². The third-order valence-electron chi connectivity index (χ3n) is 9.44. The maximum absolute atomic E-state index is 13.8. The van der Waals surface area contributed by atoms with E-state index in [0.29, 0.717) is 18.5 Å². The molecule has 3 aromatic rings. The zero-order valence-electron chi connectivity index (χ0n) is 23.8. The quantitative estimate of drug-likeness (QED) is 0.425. The van der Waals surface area contributed by atoms with Gasteiger partial charge in [0.15, 0.2) is 0 Å². The number of fused-ring (bicyclic) bond motifs is 4. The molecular formula is C34H34N4O5. The number of nitrogens with two attached hydrogens (primary N) is 1. The van der Waals surface area contributed by atoms with Crippen LogP contribution in [0.1, 0.15) is 70.6 Å². The smallest absolute Gasteiger partial charge is 0.410 e. The predicted molar refractivity (Wildman–Crippen MR) is 159 cm³/mol. The Morgan fingerprint density at radius 2 is 1.65 bits per heavy atom. The fourth-order valence-electron chi connectivity index (χ4n) is 7.27. The first-order valence-corrected chi connectivity index (χ1v) is 15.0. The van der Waals surface area contributed by atoms with Gasteiger partial charge in [0.05, 0.1) is 6.04 Å². The molecule has 3 aromatic carbocycles. The van der Waals surface area contributed by atoms with E-state index in [1.54, 1.807) is 11.0 Å². The Labute approximate surface area is 250 Å². The predicted octanol–water partition coefficient (Wildman–Crippen LogP) is 4.08. The average Bonchev–Trinajstić information content (AvgIpc) is 3.68. The summed E-state index contributed by atoms with van der Waals surface area (Å²) in [6.07, 6.45) is 2.71. The molecule has 0 spiro atoms. The molecule has 3 atom stereocenters. The van der Waals surface area contributed by atoms with Crippen molar-refractivity contribution in [1.82, 2.24) is 15.1 Å². The van der Waals surface area contributed by atoms with E-state index in [1.807, 2.05) is 36.4 Å². The van der Waals surface area contributed by atoms with E-state index in [4.69, 9.17) is 10.5 Å². The van der Waals surface area contributed by atoms with Crippen molar-refractivity contribution in [3.05, 3.63) is 94.5 Å². The van der Waals surface area contributed by atoms with E-state index in [-0.39, 0.29) is 49.4 Å². The number of nitrogens with one attached hydrogen (secondary N) is 1. The molecule has 2 aliphatic heterocycles. The van der Waals surface area contributed by atoms with Crippen LogP contribution >= 0.6 is 0 Å². The molecule has 43 heavy (non-hydrogen) atoms. The molecule has 0 aromatic heterocycles. The van der Waals surface area contributed by atoms with Gasteiger partial charge in [-0.3, -0.25) is 24.6 Å². The fraction of sp³-hybridized carbons (Fsp3) is 0.353. The molecule has 3 N–H and O–H groups in total. The topological polar surface area (TPSA) is 122 Å². The SMILES string of the molecule is N[C@H]1CCC[C@@H]1N(Cc1ccc2c(c1)CN(C1CCC(=O)NC1=O)C2=O)C(=O)OCC1c2ccccc2-c2ccccc21. The van der Waals surface area contributed by atoms with Gasteiger partial charge in [-0.25, -0.2) is 4.79 Å². The number of amides is 4. The molecule has 0 bridgehead atoms. The number of carbonyl (C=O) groups excluding carboxylic acids is 4. The second-order valence-electron chi connectivity index (χ2n) is 12.0. The van der Waals surface area contributed by atoms with E-state index in [9.17, 15) is 19.2 Å². The first-order chi connectivity index (χ1) is 20.9. The van der Waals surface area contributed by atoms with E-state index < -0.39 is 18.0 Å². The van der Waals surface area contributed by atoms with Crippen LogP contribution in [0.2, 0.25) is 0 Å². The zero-order valence-corrected chi connectivity index (χ0v) is 23.8. The summed E-state index contributed by atoms with van der Waals surface area (Å²) >= 11 is 0. The molecule has 4 amide bonds. The summed E-state index contributed by atoms with van der Waals surface area (Å²) in [6.45, 7) is 0.808. The van der Waals surface area contributed by atoms with Crippen molar-refractivity contribution < 1.29 is 23.9 Å². The average molecular weight is 579 g/mol. The first kappa shape index (κ1) is 27.3. The van der Waals surface area contributed by atoms with Gasteiger partial charge in [0.1, 0.15) is 12.6 Å². The van der Waals surface area contributed by atoms with Crippen LogP contribution in [0, 0.1) is 0 Å². The number of ether oxygens (including phenoxy) is 1. The fourth-order valence-corrected chi connectivity index (χ4v) is 7.27. The monoisotopic (exact) mass is 578 g/mol. The molecule has 0 radical (unpaired) electrons. The van der Waals surface area contributed by atoms with Crippen LogP contribution in [0.5, 0.6) is 0 Å². The maximum Gasteiger partial charge on any atom is 0.410 e. The Kier molecular flexibility index (Phi) is 6.97. The van der Waals surface area contributed by atoms with Gasteiger partial charge in [-0.05, 0) is 65.1 Å². The van der Waals surface area contributed by atoms with Crippen LogP contribution in [0.15, 0.2) is 66.7 Å². The van der Waals surface area contributed by atoms with Crippen LogP contribution in [-0.4, -0.2) is 58.3 Å². The van der Waals surface area contributed by atoms with Gasteiger partial charge < -0.3 is 15.4 Å². The number of carbonyl (C=O) groups is 4. The molecule has 220 valence electrons. The third-order valence-corrected chi connectivity index (χ3v) is 9.44. The second-order valence-corrected chi connectivity index (χ2v) is 12.0. The highest BCUT2D eigenvalue weighted by molar-refractivity contribution is 6.05. The summed E-state index contributed by atoms with van der Waals surface area (Å²) < 4.78 is 6.06. The minimum absolute atomic E-state index is 0.0419. The van der Waals surface area contributed by atoms with Gasteiger partial charge in [0, 0.05) is 37.0 Å². The zero-order chi connectivity index (χ0) is 29.7. The Morgan fingerprint density at radius 1 is 0.930 bits per heavy atom. The summed E-state index contributed by atoms with van der Waals surface area (Å²) in [5.41, 5.74) is 13.4. The Hall–Kier alpha value is -4.50. The summed E-state index contributed by atoms with van der Waals surface area (Å²) in [5.74, 6) is -1.01. The summed E-state index contributed by atoms with van der Waals surface area (Å²) in [5, 5.41) is 2.34. The summed E-state index contributed by atoms with van der Waals surface area (Å²) in [6, 6.07) is 21.1. The largest absolute Gasteiger partial charge is 0.448 e. The minimum atomic E-state index is -0.671. The van der Waals surface area contributed by atoms with Gasteiger partial charge in [-0.1, -0.05) is 60.7 Å². The third kappa shape index (κ3) is 4.87. The van der Waals surface area contributed by atoms with Crippen LogP contribution in [0.25, 0.3) is 11.1 Å². The number of hydrogen-bond donors (Lipinski definition) is 2. The minimum Gasteiger partial charge on any atom is -0.448 e. The maximum atomic E-state index is 13.8. The normalized spacial score (nSPS) is 22.7. The van der Waals surface area contributed by atoms with E-state index in [0.717, 1.165) is 41.5 Å². The van der Waals surface area contributed by atoms with E-state index in [1.165, 1.54) is 16.0 Å². The van der Waals surface area contributed by atoms with Crippen molar-refractivity contribution in [3.63, 3.8) is 0 Å². The summed E-state index contributed by atoms with van der Waals surface area (Å²) in [7, 11) is 0. The van der Waals surface area contributed by atoms with Crippen LogP contribution < -0.4 is 11.1 Å². The van der Waals surface area contributed by atoms with Crippen molar-refractivity contribution in [2.45, 2.75) is 69.2 Å². The highest BCUT2D eigenvalue weighted by Crippen LogP contribution is 2.44. The Morgan fingerprint density at radius 3 is 2.33 bits per heavy atom. The lowest BCUT2D eigenvalue weighted by Gasteiger charge is -2.31. The van der Waals surface area contributed by atoms with Crippen molar-refractivity contribution >= 4 is 23.8 Å². The highest BCUT2D eigenvalue weighted by Gasteiger charge is 2.40. The number of rotatable bonds is 6. The van der Waals surface area contributed by atoms with E-state index >= 15 is 0 Å². The highest BCUT2D eigenvalue weighted by atomic mass is 16.6. The molecular weight excluding hydrogens is 544 g/mol. The first-order valence-electron chi connectivity index (χ1n) is 15.0. The van der Waals surface area contributed by atoms with Gasteiger partial charge in [-0.2, -0.15) is 0 Å². The molecule has 7 rings (SSSR count). The van der Waals surface area contributed by atoms with Crippen molar-refractivity contribution in [1.29, 1.82) is 0 Å². The van der Waals surface area contributed by atoms with E-state index in [2.05, 4.69) is 29.6 Å². The molecule has 4 aliphatic rings. The number of benzene rings is 3. The Bertz CT molecular complexity index is 1590. The lowest BCUT2D eigenvalue weighted by Crippen LogP contribution is -2.52. The lowest BCUT2D eigenvalue weighted by atomic mass is 9.98. The number of hydrogen-bond acceptors (Lipinski definition) is 6. The molecule has 1 saturated heterocycles. The molecule has 2 fully saturated rings. The van der Waals surface area contributed by atoms with Gasteiger partial charge in [0.25, 0.3) is 5.91 Å². The molecule has 1 saturated carbocycles. The molecule has 9 heteroatoms. The number of piperidine rings is 1. The van der Waals surface area contributed by atoms with Crippen molar-refractivity contribution in [2.75, 3.05) is 6.61 Å². The van der Waals surface area contributed by atoms with Crippen LogP contribution in [0.3, 0.4) is 0 Å². The summed E-state index contributed by atoms with van der Waals surface area (Å²) in [4.78, 5) is 54.3. The van der Waals surface area contributed by atoms with Crippen LogP contribution in [0.4, 0.5) is 4.79 Å². The van der Waals surface area contributed by atoms with Gasteiger partial charge in [-0.15, -0.1) is 0 Å². The second kappa shape index (κ2) is 11.0. The molecule has 9 nitrogen and oxygen atoms in total. The van der Waals surface area contributed by atoms with Crippen molar-refractivity contribution in [3.8, 4) is 11.1 Å². The standard InChI is InChI=1S/C34H34N4O5/c35-28-10-5-11-29(28)38(34(42)43-19-27-25-8-3-1-6-23(25)24-7-2-4-9-26(24)27)17-20-12-13-22-21(16-20)18-37(33(22)41)30-14-15-31(39)36-32(30)40/h1-4,6-9,12-13,16,27-30H,5,10-11,14-15,17-19,35H2,(H,36,39,40)/t28-,29-,30?/m0/s1. The molecule has 2 heterocycles.